The van der Waals surface area contributed by atoms with E-state index in [9.17, 15) is 14.4 Å². The fraction of sp³-hybridized carbons (Fsp3) is 0.571. The summed E-state index contributed by atoms with van der Waals surface area (Å²) in [6.07, 6.45) is 3.24. The molecule has 30 heavy (non-hydrogen) atoms. The Morgan fingerprint density at radius 3 is 2.43 bits per heavy atom. The van der Waals surface area contributed by atoms with Crippen molar-refractivity contribution in [2.24, 2.45) is 0 Å². The number of urea groups is 2. The average Bonchev–Trinajstić information content (AvgIpc) is 3.43. The third-order valence-electron chi connectivity index (χ3n) is 6.45. The second-order valence-corrected chi connectivity index (χ2v) is 8.25. The molecule has 1 aromatic carbocycles. The maximum Gasteiger partial charge on any atom is 0.323 e. The molecule has 0 bridgehead atoms. The number of rotatable bonds is 6. The van der Waals surface area contributed by atoms with Gasteiger partial charge in [-0.05, 0) is 30.5 Å². The monoisotopic (exact) mass is 415 g/mol. The van der Waals surface area contributed by atoms with Crippen LogP contribution < -0.4 is 10.1 Å². The van der Waals surface area contributed by atoms with E-state index < -0.39 is 12.3 Å². The number of amides is 5. The molecule has 1 N–H and O–H groups in total. The van der Waals surface area contributed by atoms with Crippen LogP contribution in [0.4, 0.5) is 9.59 Å². The molecule has 162 valence electrons. The zero-order valence-corrected chi connectivity index (χ0v) is 17.7. The lowest BCUT2D eigenvalue weighted by Gasteiger charge is -2.33. The van der Waals surface area contributed by atoms with Crippen LogP contribution in [0.25, 0.3) is 0 Å². The van der Waals surface area contributed by atoms with E-state index >= 15 is 0 Å². The van der Waals surface area contributed by atoms with E-state index in [1.54, 1.807) is 21.2 Å². The highest BCUT2D eigenvalue weighted by Crippen LogP contribution is 2.29. The van der Waals surface area contributed by atoms with Gasteiger partial charge in [-0.3, -0.25) is 9.69 Å². The Morgan fingerprint density at radius 2 is 1.80 bits per heavy atom. The molecule has 0 aromatic heterocycles. The summed E-state index contributed by atoms with van der Waals surface area (Å²) in [5.41, 5.74) is 1.02. The number of hydrogen-bond donors (Lipinski definition) is 1. The van der Waals surface area contributed by atoms with Gasteiger partial charge in [0.1, 0.15) is 24.6 Å². The van der Waals surface area contributed by atoms with Crippen molar-refractivity contribution in [1.82, 2.24) is 24.9 Å². The van der Waals surface area contributed by atoms with Gasteiger partial charge < -0.3 is 24.8 Å². The van der Waals surface area contributed by atoms with E-state index in [1.807, 2.05) is 29.2 Å². The Morgan fingerprint density at radius 1 is 1.13 bits per heavy atom. The number of benzene rings is 1. The molecule has 5 amide bonds. The standard InChI is InChI=1S/C21H29N5O4/c1-23-18-19(24(2)21(23)29)26(20(28)22-18)13-17(27)25(15-6-4-5-7-15)12-14-8-10-16(30-3)11-9-14/h8-11,15,18-19H,4-7,12-13H2,1-3H3,(H,22,28). The van der Waals surface area contributed by atoms with Crippen molar-refractivity contribution >= 4 is 18.0 Å². The van der Waals surface area contributed by atoms with E-state index in [2.05, 4.69) is 5.32 Å². The molecule has 3 aliphatic rings. The molecule has 9 heteroatoms. The third kappa shape index (κ3) is 3.53. The lowest BCUT2D eigenvalue weighted by Crippen LogP contribution is -2.50. The van der Waals surface area contributed by atoms with E-state index in [4.69, 9.17) is 4.74 Å². The maximum atomic E-state index is 13.4. The lowest BCUT2D eigenvalue weighted by molar-refractivity contribution is -0.135. The Hall–Kier alpha value is -2.97. The molecule has 2 aliphatic heterocycles. The van der Waals surface area contributed by atoms with Gasteiger partial charge in [0.15, 0.2) is 0 Å². The minimum absolute atomic E-state index is 0.0505. The SMILES string of the molecule is COc1ccc(CN(C(=O)CN2C(=O)NC3C2N(C)C(=O)N3C)C2CCCC2)cc1. The van der Waals surface area contributed by atoms with E-state index in [-0.39, 0.29) is 30.6 Å². The Kier molecular flexibility index (Phi) is 5.44. The zero-order valence-electron chi connectivity index (χ0n) is 17.7. The van der Waals surface area contributed by atoms with Gasteiger partial charge in [0, 0.05) is 26.7 Å². The molecule has 0 radical (unpaired) electrons. The molecule has 2 unspecified atom stereocenters. The number of likely N-dealkylation sites (N-methyl/N-ethyl adjacent to an activating group) is 2. The molecule has 4 rings (SSSR count). The van der Waals surface area contributed by atoms with Gasteiger partial charge >= 0.3 is 12.1 Å². The first-order valence-corrected chi connectivity index (χ1v) is 10.4. The normalized spacial score (nSPS) is 23.8. The number of methoxy groups -OCH3 is 1. The van der Waals surface area contributed by atoms with Gasteiger partial charge in [-0.2, -0.15) is 0 Å². The highest BCUT2D eigenvalue weighted by molar-refractivity contribution is 5.89. The molecule has 1 aliphatic carbocycles. The zero-order chi connectivity index (χ0) is 21.4. The molecule has 2 atom stereocenters. The van der Waals surface area contributed by atoms with Crippen LogP contribution >= 0.6 is 0 Å². The fourth-order valence-electron chi connectivity index (χ4n) is 4.74. The summed E-state index contributed by atoms with van der Waals surface area (Å²) in [6.45, 7) is 0.441. The van der Waals surface area contributed by atoms with Crippen molar-refractivity contribution in [3.05, 3.63) is 29.8 Å². The summed E-state index contributed by atoms with van der Waals surface area (Å²) in [7, 11) is 4.94. The van der Waals surface area contributed by atoms with E-state index in [1.165, 1.54) is 14.7 Å². The molecule has 0 spiro atoms. The summed E-state index contributed by atoms with van der Waals surface area (Å²) in [4.78, 5) is 44.6. The lowest BCUT2D eigenvalue weighted by atomic mass is 10.1. The van der Waals surface area contributed by atoms with E-state index in [0.717, 1.165) is 37.0 Å². The van der Waals surface area contributed by atoms with Crippen molar-refractivity contribution in [2.45, 2.75) is 50.6 Å². The van der Waals surface area contributed by atoms with Crippen LogP contribution in [0.1, 0.15) is 31.2 Å². The molecule has 2 saturated heterocycles. The topological polar surface area (TPSA) is 85.4 Å². The number of carbonyl (C=O) groups is 3. The highest BCUT2D eigenvalue weighted by atomic mass is 16.5. The van der Waals surface area contributed by atoms with Crippen molar-refractivity contribution < 1.29 is 19.1 Å². The average molecular weight is 415 g/mol. The quantitative estimate of drug-likeness (QED) is 0.766. The number of nitrogens with one attached hydrogen (secondary N) is 1. The first kappa shape index (κ1) is 20.3. The fourth-order valence-corrected chi connectivity index (χ4v) is 4.74. The van der Waals surface area contributed by atoms with Crippen LogP contribution in [-0.4, -0.2) is 83.7 Å². The number of ether oxygens (including phenoxy) is 1. The predicted molar refractivity (Wildman–Crippen MR) is 110 cm³/mol. The summed E-state index contributed by atoms with van der Waals surface area (Å²) in [5.74, 6) is 0.680. The minimum atomic E-state index is -0.481. The second-order valence-electron chi connectivity index (χ2n) is 8.25. The molecule has 1 saturated carbocycles. The van der Waals surface area contributed by atoms with Gasteiger partial charge in [-0.25, -0.2) is 9.59 Å². The molecule has 2 heterocycles. The summed E-state index contributed by atoms with van der Waals surface area (Å²) in [6, 6.07) is 7.39. The van der Waals surface area contributed by atoms with Crippen molar-refractivity contribution in [1.29, 1.82) is 0 Å². The predicted octanol–water partition coefficient (Wildman–Crippen LogP) is 1.64. The van der Waals surface area contributed by atoms with Gasteiger partial charge in [-0.1, -0.05) is 25.0 Å². The number of nitrogens with zero attached hydrogens (tertiary/aromatic N) is 4. The highest BCUT2D eigenvalue weighted by Gasteiger charge is 2.53. The molecule has 1 aromatic rings. The molecule has 9 nitrogen and oxygen atoms in total. The van der Waals surface area contributed by atoms with Crippen molar-refractivity contribution in [3.8, 4) is 5.75 Å². The smallest absolute Gasteiger partial charge is 0.323 e. The number of fused-ring (bicyclic) bond motifs is 1. The van der Waals surface area contributed by atoms with Crippen LogP contribution in [0.3, 0.4) is 0 Å². The summed E-state index contributed by atoms with van der Waals surface area (Å²) < 4.78 is 5.22. The Bertz CT molecular complexity index is 823. The van der Waals surface area contributed by atoms with Gasteiger partial charge in [0.2, 0.25) is 5.91 Å². The largest absolute Gasteiger partial charge is 0.497 e. The molecular weight excluding hydrogens is 386 g/mol. The third-order valence-corrected chi connectivity index (χ3v) is 6.45. The first-order chi connectivity index (χ1) is 14.4. The Labute approximate surface area is 176 Å². The van der Waals surface area contributed by atoms with E-state index in [0.29, 0.717) is 6.54 Å². The maximum absolute atomic E-state index is 13.4. The summed E-state index contributed by atoms with van der Waals surface area (Å²) >= 11 is 0. The summed E-state index contributed by atoms with van der Waals surface area (Å²) in [5, 5.41) is 2.82. The number of carbonyl (C=O) groups excluding carboxylic acids is 3. The minimum Gasteiger partial charge on any atom is -0.497 e. The van der Waals surface area contributed by atoms with Crippen LogP contribution in [-0.2, 0) is 11.3 Å². The second kappa shape index (κ2) is 8.04. The van der Waals surface area contributed by atoms with Crippen molar-refractivity contribution in [2.75, 3.05) is 27.7 Å². The first-order valence-electron chi connectivity index (χ1n) is 10.4. The van der Waals surface area contributed by atoms with Gasteiger partial charge in [0.05, 0.1) is 7.11 Å². The van der Waals surface area contributed by atoms with Gasteiger partial charge in [0.25, 0.3) is 0 Å². The van der Waals surface area contributed by atoms with Crippen molar-refractivity contribution in [3.63, 3.8) is 0 Å². The molecule has 3 fully saturated rings. The van der Waals surface area contributed by atoms with Gasteiger partial charge in [-0.15, -0.1) is 0 Å². The number of hydrogen-bond acceptors (Lipinski definition) is 4. The molecular formula is C21H29N5O4. The van der Waals surface area contributed by atoms with Crippen LogP contribution in [0.2, 0.25) is 0 Å². The van der Waals surface area contributed by atoms with Crippen LogP contribution in [0, 0.1) is 0 Å². The van der Waals surface area contributed by atoms with Crippen LogP contribution in [0.5, 0.6) is 5.75 Å². The van der Waals surface area contributed by atoms with Crippen LogP contribution in [0.15, 0.2) is 24.3 Å². The Balaban J connectivity index is 1.51.